The van der Waals surface area contributed by atoms with Crippen LogP contribution in [0.15, 0.2) is 53.5 Å². The SMILES string of the molecule is CCNC(=NCCCn1c(C)nc2ccccc21)NCCCc1nc2ccccc2[nH]1. The van der Waals surface area contributed by atoms with Crippen molar-refractivity contribution < 1.29 is 0 Å². The lowest BCUT2D eigenvalue weighted by molar-refractivity contribution is 0.644. The minimum atomic E-state index is 0.769. The van der Waals surface area contributed by atoms with E-state index in [-0.39, 0.29) is 0 Å². The third-order valence-corrected chi connectivity index (χ3v) is 5.32. The minimum absolute atomic E-state index is 0.769. The number of hydrogen-bond donors (Lipinski definition) is 3. The van der Waals surface area contributed by atoms with Gasteiger partial charge in [0.1, 0.15) is 11.6 Å². The number of nitrogens with one attached hydrogen (secondary N) is 3. The lowest BCUT2D eigenvalue weighted by Crippen LogP contribution is -2.38. The number of aliphatic imine (C=N–C) groups is 1. The second-order valence-corrected chi connectivity index (χ2v) is 7.64. The van der Waals surface area contributed by atoms with Crippen molar-refractivity contribution in [3.63, 3.8) is 0 Å². The van der Waals surface area contributed by atoms with Crippen LogP contribution in [0.4, 0.5) is 0 Å². The van der Waals surface area contributed by atoms with Gasteiger partial charge in [0.05, 0.1) is 22.1 Å². The molecule has 0 saturated carbocycles. The average molecular weight is 418 g/mol. The predicted molar refractivity (Wildman–Crippen MR) is 127 cm³/mol. The molecule has 0 amide bonds. The molecule has 3 N–H and O–H groups in total. The fourth-order valence-electron chi connectivity index (χ4n) is 3.83. The first-order chi connectivity index (χ1) is 15.2. The van der Waals surface area contributed by atoms with E-state index in [0.717, 1.165) is 79.6 Å². The van der Waals surface area contributed by atoms with E-state index in [1.165, 1.54) is 5.52 Å². The highest BCUT2D eigenvalue weighted by atomic mass is 15.2. The Hall–Kier alpha value is -3.35. The summed E-state index contributed by atoms with van der Waals surface area (Å²) in [6.45, 7) is 7.55. The van der Waals surface area contributed by atoms with Crippen LogP contribution in [-0.2, 0) is 13.0 Å². The van der Waals surface area contributed by atoms with Crippen molar-refractivity contribution in [3.8, 4) is 0 Å². The number of H-pyrrole nitrogens is 1. The van der Waals surface area contributed by atoms with Crippen LogP contribution in [0.2, 0.25) is 0 Å². The molecule has 0 atom stereocenters. The molecule has 0 unspecified atom stereocenters. The number of fused-ring (bicyclic) bond motifs is 2. The molecule has 0 radical (unpaired) electrons. The van der Waals surface area contributed by atoms with Crippen LogP contribution in [0.25, 0.3) is 22.1 Å². The summed E-state index contributed by atoms with van der Waals surface area (Å²) in [5.41, 5.74) is 4.38. The molecular weight excluding hydrogens is 386 g/mol. The molecule has 0 saturated heterocycles. The van der Waals surface area contributed by atoms with E-state index in [2.05, 4.69) is 68.3 Å². The van der Waals surface area contributed by atoms with Crippen LogP contribution in [0.1, 0.15) is 31.4 Å². The topological polar surface area (TPSA) is 82.9 Å². The Morgan fingerprint density at radius 2 is 1.81 bits per heavy atom. The zero-order chi connectivity index (χ0) is 21.5. The number of para-hydroxylation sites is 4. The summed E-state index contributed by atoms with van der Waals surface area (Å²) in [5, 5.41) is 6.77. The van der Waals surface area contributed by atoms with Gasteiger partial charge in [0, 0.05) is 32.6 Å². The normalized spacial score (nSPS) is 12.0. The van der Waals surface area contributed by atoms with Crippen molar-refractivity contribution in [2.24, 2.45) is 4.99 Å². The Morgan fingerprint density at radius 1 is 1.00 bits per heavy atom. The monoisotopic (exact) mass is 417 g/mol. The number of hydrogen-bond acceptors (Lipinski definition) is 3. The van der Waals surface area contributed by atoms with Crippen molar-refractivity contribution in [1.29, 1.82) is 0 Å². The summed E-state index contributed by atoms with van der Waals surface area (Å²) in [4.78, 5) is 17.4. The summed E-state index contributed by atoms with van der Waals surface area (Å²) in [7, 11) is 0. The number of aromatic amines is 1. The lowest BCUT2D eigenvalue weighted by Gasteiger charge is -2.11. The molecule has 4 rings (SSSR count). The van der Waals surface area contributed by atoms with Gasteiger partial charge in [0.2, 0.25) is 0 Å². The highest BCUT2D eigenvalue weighted by Gasteiger charge is 2.06. The zero-order valence-corrected chi connectivity index (χ0v) is 18.4. The number of benzene rings is 2. The molecule has 0 fully saturated rings. The van der Waals surface area contributed by atoms with Gasteiger partial charge >= 0.3 is 0 Å². The van der Waals surface area contributed by atoms with Gasteiger partial charge in [0.15, 0.2) is 5.96 Å². The third-order valence-electron chi connectivity index (χ3n) is 5.32. The van der Waals surface area contributed by atoms with E-state index >= 15 is 0 Å². The van der Waals surface area contributed by atoms with Gasteiger partial charge in [0.25, 0.3) is 0 Å². The van der Waals surface area contributed by atoms with E-state index in [4.69, 9.17) is 4.99 Å². The predicted octanol–water partition coefficient (Wildman–Crippen LogP) is 3.80. The van der Waals surface area contributed by atoms with Crippen LogP contribution in [0, 0.1) is 6.92 Å². The quantitative estimate of drug-likeness (QED) is 0.220. The van der Waals surface area contributed by atoms with Gasteiger partial charge in [-0.15, -0.1) is 0 Å². The second-order valence-electron chi connectivity index (χ2n) is 7.64. The van der Waals surface area contributed by atoms with Crippen LogP contribution in [-0.4, -0.2) is 45.1 Å². The lowest BCUT2D eigenvalue weighted by atomic mass is 10.3. The smallest absolute Gasteiger partial charge is 0.191 e. The number of nitrogens with zero attached hydrogens (tertiary/aromatic N) is 4. The molecule has 0 bridgehead atoms. The molecule has 7 nitrogen and oxygen atoms in total. The van der Waals surface area contributed by atoms with Crippen LogP contribution in [0.3, 0.4) is 0 Å². The molecule has 0 spiro atoms. The Kier molecular flexibility index (Phi) is 6.82. The maximum atomic E-state index is 4.74. The fourth-order valence-corrected chi connectivity index (χ4v) is 3.83. The van der Waals surface area contributed by atoms with Gasteiger partial charge in [-0.3, -0.25) is 4.99 Å². The molecule has 2 heterocycles. The zero-order valence-electron chi connectivity index (χ0n) is 18.4. The standard InChI is InChI=1S/C24H31N7/c1-3-25-24(26-15-8-14-23-29-19-10-4-5-11-20(19)30-23)27-16-9-17-31-18(2)28-21-12-6-7-13-22(21)31/h4-7,10-13H,3,8-9,14-17H2,1-2H3,(H,29,30)(H2,25,26,27). The molecule has 0 aliphatic heterocycles. The number of aryl methyl sites for hydroxylation is 3. The van der Waals surface area contributed by atoms with Gasteiger partial charge in [-0.25, -0.2) is 9.97 Å². The highest BCUT2D eigenvalue weighted by Crippen LogP contribution is 2.15. The number of imidazole rings is 2. The Morgan fingerprint density at radius 3 is 2.65 bits per heavy atom. The van der Waals surface area contributed by atoms with Gasteiger partial charge in [-0.1, -0.05) is 24.3 Å². The maximum Gasteiger partial charge on any atom is 0.191 e. The number of rotatable bonds is 9. The number of aromatic nitrogens is 4. The maximum absolute atomic E-state index is 4.74. The molecule has 31 heavy (non-hydrogen) atoms. The second kappa shape index (κ2) is 10.1. The third kappa shape index (κ3) is 5.23. The molecule has 7 heteroatoms. The van der Waals surface area contributed by atoms with Crippen molar-refractivity contribution in [3.05, 3.63) is 60.2 Å². The van der Waals surface area contributed by atoms with Crippen molar-refractivity contribution >= 4 is 28.0 Å². The molecule has 2 aromatic carbocycles. The Bertz CT molecular complexity index is 1120. The first-order valence-electron chi connectivity index (χ1n) is 11.1. The summed E-state index contributed by atoms with van der Waals surface area (Å²) in [6, 6.07) is 16.4. The van der Waals surface area contributed by atoms with Crippen molar-refractivity contribution in [1.82, 2.24) is 30.2 Å². The van der Waals surface area contributed by atoms with E-state index < -0.39 is 0 Å². The first-order valence-corrected chi connectivity index (χ1v) is 11.1. The van der Waals surface area contributed by atoms with E-state index in [1.807, 2.05) is 24.3 Å². The first kappa shape index (κ1) is 20.9. The molecular formula is C24H31N7. The van der Waals surface area contributed by atoms with Gasteiger partial charge in [-0.05, 0) is 51.0 Å². The van der Waals surface area contributed by atoms with Crippen LogP contribution < -0.4 is 10.6 Å². The largest absolute Gasteiger partial charge is 0.357 e. The fraction of sp³-hybridized carbons (Fsp3) is 0.375. The molecule has 0 aliphatic carbocycles. The molecule has 2 aromatic heterocycles. The average Bonchev–Trinajstić information content (AvgIpc) is 3.34. The highest BCUT2D eigenvalue weighted by molar-refractivity contribution is 5.79. The molecule has 0 aliphatic rings. The van der Waals surface area contributed by atoms with E-state index in [9.17, 15) is 0 Å². The van der Waals surface area contributed by atoms with Crippen molar-refractivity contribution in [2.75, 3.05) is 19.6 Å². The van der Waals surface area contributed by atoms with Crippen LogP contribution >= 0.6 is 0 Å². The molecule has 162 valence electrons. The van der Waals surface area contributed by atoms with Crippen LogP contribution in [0.5, 0.6) is 0 Å². The van der Waals surface area contributed by atoms with Crippen molar-refractivity contribution in [2.45, 2.75) is 39.7 Å². The van der Waals surface area contributed by atoms with E-state index in [0.29, 0.717) is 0 Å². The van der Waals surface area contributed by atoms with E-state index in [1.54, 1.807) is 0 Å². The number of guanidine groups is 1. The summed E-state index contributed by atoms with van der Waals surface area (Å²) in [5.74, 6) is 2.97. The summed E-state index contributed by atoms with van der Waals surface area (Å²) in [6.07, 6.45) is 2.87. The Labute approximate surface area is 183 Å². The summed E-state index contributed by atoms with van der Waals surface area (Å²) < 4.78 is 2.28. The molecule has 4 aromatic rings. The summed E-state index contributed by atoms with van der Waals surface area (Å²) >= 11 is 0. The minimum Gasteiger partial charge on any atom is -0.357 e. The van der Waals surface area contributed by atoms with Gasteiger partial charge in [-0.2, -0.15) is 0 Å². The Balaban J connectivity index is 1.24. The van der Waals surface area contributed by atoms with Gasteiger partial charge < -0.3 is 20.2 Å².